The van der Waals surface area contributed by atoms with Gasteiger partial charge in [-0.2, -0.15) is 0 Å². The van der Waals surface area contributed by atoms with Gasteiger partial charge in [-0.3, -0.25) is 10.1 Å². The molecule has 2 rings (SSSR count). The van der Waals surface area contributed by atoms with Gasteiger partial charge >= 0.3 is 0 Å². The number of sulfonamides is 1. The average molecular weight is 285 g/mol. The first-order chi connectivity index (χ1) is 8.94. The molecule has 19 heavy (non-hydrogen) atoms. The second kappa shape index (κ2) is 5.14. The normalized spacial score (nSPS) is 15.2. The first-order valence-corrected chi connectivity index (χ1v) is 7.47. The van der Waals surface area contributed by atoms with Gasteiger partial charge in [0.05, 0.1) is 10.6 Å². The summed E-state index contributed by atoms with van der Waals surface area (Å²) in [6, 6.07) is 3.70. The fraction of sp³-hybridized carbons (Fsp3) is 0.455. The summed E-state index contributed by atoms with van der Waals surface area (Å²) in [5, 5.41) is 13.6. The number of nitro benzene ring substituents is 1. The van der Waals surface area contributed by atoms with E-state index in [9.17, 15) is 18.5 Å². The van der Waals surface area contributed by atoms with E-state index in [0.29, 0.717) is 6.54 Å². The zero-order valence-electron chi connectivity index (χ0n) is 10.4. The van der Waals surface area contributed by atoms with E-state index in [0.717, 1.165) is 12.8 Å². The van der Waals surface area contributed by atoms with Crippen molar-refractivity contribution in [3.63, 3.8) is 0 Å². The van der Waals surface area contributed by atoms with E-state index >= 15 is 0 Å². The second-order valence-corrected chi connectivity index (χ2v) is 6.05. The third-order valence-corrected chi connectivity index (χ3v) is 4.31. The van der Waals surface area contributed by atoms with Crippen molar-refractivity contribution in [2.24, 2.45) is 0 Å². The molecule has 0 heterocycles. The topological polar surface area (TPSA) is 101 Å². The summed E-state index contributed by atoms with van der Waals surface area (Å²) < 4.78 is 26.8. The first kappa shape index (κ1) is 13.8. The van der Waals surface area contributed by atoms with Crippen LogP contribution in [0.5, 0.6) is 0 Å². The van der Waals surface area contributed by atoms with Crippen LogP contribution in [0.15, 0.2) is 23.1 Å². The Hall–Kier alpha value is -1.67. The van der Waals surface area contributed by atoms with Crippen molar-refractivity contribution in [2.45, 2.75) is 30.7 Å². The Morgan fingerprint density at radius 3 is 2.63 bits per heavy atom. The molecule has 1 saturated carbocycles. The maximum absolute atomic E-state index is 12.1. The van der Waals surface area contributed by atoms with Gasteiger partial charge in [0.25, 0.3) is 5.69 Å². The van der Waals surface area contributed by atoms with Gasteiger partial charge in [-0.1, -0.05) is 0 Å². The lowest BCUT2D eigenvalue weighted by atomic mass is 10.3. The molecule has 7 nitrogen and oxygen atoms in total. The van der Waals surface area contributed by atoms with Crippen LogP contribution < -0.4 is 10.0 Å². The molecule has 8 heteroatoms. The Kier molecular flexibility index (Phi) is 3.72. The van der Waals surface area contributed by atoms with Gasteiger partial charge in [-0.05, 0) is 25.8 Å². The smallest absolute Gasteiger partial charge is 0.271 e. The highest BCUT2D eigenvalue weighted by atomic mass is 32.2. The molecule has 0 unspecified atom stereocenters. The molecule has 0 amide bonds. The summed E-state index contributed by atoms with van der Waals surface area (Å²) in [4.78, 5) is 10.2. The molecule has 0 spiro atoms. The first-order valence-electron chi connectivity index (χ1n) is 5.98. The van der Waals surface area contributed by atoms with Crippen LogP contribution >= 0.6 is 0 Å². The lowest BCUT2D eigenvalue weighted by Crippen LogP contribution is -2.26. The standard InChI is InChI=1S/C11H15N3O4S/c1-2-12-10-7-9(14(15)16)5-6-11(10)19(17,18)13-8-3-4-8/h5-8,12-13H,2-4H2,1H3. The quantitative estimate of drug-likeness (QED) is 0.608. The number of rotatable bonds is 6. The van der Waals surface area contributed by atoms with Crippen molar-refractivity contribution in [2.75, 3.05) is 11.9 Å². The van der Waals surface area contributed by atoms with Crippen molar-refractivity contribution in [1.82, 2.24) is 4.72 Å². The summed E-state index contributed by atoms with van der Waals surface area (Å²) in [5.41, 5.74) is 0.117. The number of anilines is 1. The highest BCUT2D eigenvalue weighted by Crippen LogP contribution is 2.28. The van der Waals surface area contributed by atoms with Crippen LogP contribution in [-0.4, -0.2) is 25.9 Å². The molecule has 0 bridgehead atoms. The van der Waals surface area contributed by atoms with Crippen LogP contribution in [0, 0.1) is 10.1 Å². The molecule has 1 aromatic carbocycles. The molecule has 2 N–H and O–H groups in total. The van der Waals surface area contributed by atoms with E-state index in [1.807, 2.05) is 0 Å². The minimum atomic E-state index is -3.63. The lowest BCUT2D eigenvalue weighted by molar-refractivity contribution is -0.384. The summed E-state index contributed by atoms with van der Waals surface area (Å²) in [6.45, 7) is 2.27. The van der Waals surface area contributed by atoms with Gasteiger partial charge in [-0.15, -0.1) is 0 Å². The molecule has 1 aromatic rings. The summed E-state index contributed by atoms with van der Waals surface area (Å²) in [7, 11) is -3.63. The number of hydrogen-bond acceptors (Lipinski definition) is 5. The Labute approximate surface area is 111 Å². The zero-order chi connectivity index (χ0) is 14.0. The van der Waals surface area contributed by atoms with Gasteiger partial charge in [0.2, 0.25) is 10.0 Å². The molecule has 0 atom stereocenters. The molecule has 0 aromatic heterocycles. The highest BCUT2D eigenvalue weighted by molar-refractivity contribution is 7.89. The number of non-ortho nitro benzene ring substituents is 1. The third kappa shape index (κ3) is 3.21. The Morgan fingerprint density at radius 2 is 2.11 bits per heavy atom. The number of nitrogens with one attached hydrogen (secondary N) is 2. The molecule has 1 aliphatic rings. The molecule has 1 aliphatic carbocycles. The predicted molar refractivity (Wildman–Crippen MR) is 70.6 cm³/mol. The number of hydrogen-bond donors (Lipinski definition) is 2. The molecule has 0 aliphatic heterocycles. The molecule has 1 fully saturated rings. The van der Waals surface area contributed by atoms with E-state index in [4.69, 9.17) is 0 Å². The monoisotopic (exact) mass is 285 g/mol. The van der Waals surface area contributed by atoms with Crippen LogP contribution in [-0.2, 0) is 10.0 Å². The largest absolute Gasteiger partial charge is 0.384 e. The van der Waals surface area contributed by atoms with Gasteiger partial charge in [-0.25, -0.2) is 13.1 Å². The molecule has 0 saturated heterocycles. The fourth-order valence-corrected chi connectivity index (χ4v) is 3.15. The van der Waals surface area contributed by atoms with E-state index < -0.39 is 14.9 Å². The van der Waals surface area contributed by atoms with Crippen LogP contribution in [0.2, 0.25) is 0 Å². The Morgan fingerprint density at radius 1 is 1.42 bits per heavy atom. The van der Waals surface area contributed by atoms with Crippen molar-refractivity contribution >= 4 is 21.4 Å². The minimum absolute atomic E-state index is 0.00494. The van der Waals surface area contributed by atoms with Gasteiger partial charge < -0.3 is 5.32 Å². The van der Waals surface area contributed by atoms with Crippen LogP contribution in [0.4, 0.5) is 11.4 Å². The maximum Gasteiger partial charge on any atom is 0.271 e. The van der Waals surface area contributed by atoms with Crippen molar-refractivity contribution < 1.29 is 13.3 Å². The van der Waals surface area contributed by atoms with Gasteiger partial charge in [0.1, 0.15) is 4.90 Å². The van der Waals surface area contributed by atoms with E-state index in [1.165, 1.54) is 18.2 Å². The SMILES string of the molecule is CCNc1cc([N+](=O)[O-])ccc1S(=O)(=O)NC1CC1. The van der Waals surface area contributed by atoms with Gasteiger partial charge in [0.15, 0.2) is 0 Å². The minimum Gasteiger partial charge on any atom is -0.384 e. The Balaban J connectivity index is 2.40. The third-order valence-electron chi connectivity index (χ3n) is 2.73. The maximum atomic E-state index is 12.1. The van der Waals surface area contributed by atoms with Crippen LogP contribution in [0.3, 0.4) is 0 Å². The van der Waals surface area contributed by atoms with Crippen LogP contribution in [0.25, 0.3) is 0 Å². The zero-order valence-corrected chi connectivity index (χ0v) is 11.2. The molecular formula is C11H15N3O4S. The summed E-state index contributed by atoms with van der Waals surface area (Å²) in [6.07, 6.45) is 1.67. The van der Waals surface area contributed by atoms with Crippen molar-refractivity contribution in [1.29, 1.82) is 0 Å². The van der Waals surface area contributed by atoms with E-state index in [2.05, 4.69) is 10.0 Å². The van der Waals surface area contributed by atoms with Gasteiger partial charge in [0, 0.05) is 24.7 Å². The predicted octanol–water partition coefficient (Wildman–Crippen LogP) is 1.47. The summed E-state index contributed by atoms with van der Waals surface area (Å²) >= 11 is 0. The average Bonchev–Trinajstić information content (AvgIpc) is 3.12. The summed E-state index contributed by atoms with van der Waals surface area (Å²) in [5.74, 6) is 0. The highest BCUT2D eigenvalue weighted by Gasteiger charge is 2.29. The second-order valence-electron chi connectivity index (χ2n) is 4.36. The fourth-order valence-electron chi connectivity index (χ4n) is 1.68. The molecular weight excluding hydrogens is 270 g/mol. The molecule has 104 valence electrons. The van der Waals surface area contributed by atoms with Crippen molar-refractivity contribution in [3.05, 3.63) is 28.3 Å². The number of nitro groups is 1. The lowest BCUT2D eigenvalue weighted by Gasteiger charge is -2.11. The molecule has 0 radical (unpaired) electrons. The van der Waals surface area contributed by atoms with Crippen molar-refractivity contribution in [3.8, 4) is 0 Å². The van der Waals surface area contributed by atoms with E-state index in [-0.39, 0.29) is 22.3 Å². The number of nitrogens with zero attached hydrogens (tertiary/aromatic N) is 1. The van der Waals surface area contributed by atoms with Crippen LogP contribution in [0.1, 0.15) is 19.8 Å². The Bertz CT molecular complexity index is 596. The van der Waals surface area contributed by atoms with E-state index in [1.54, 1.807) is 6.92 Å². The number of benzene rings is 1.